The van der Waals surface area contributed by atoms with Crippen LogP contribution in [0.4, 0.5) is 5.95 Å². The van der Waals surface area contributed by atoms with E-state index in [0.29, 0.717) is 5.88 Å². The summed E-state index contributed by atoms with van der Waals surface area (Å²) < 4.78 is 5.25. The topological polar surface area (TPSA) is 61.0 Å². The van der Waals surface area contributed by atoms with Crippen LogP contribution in [-0.2, 0) is 6.42 Å². The Morgan fingerprint density at radius 2 is 1.88 bits per heavy atom. The highest BCUT2D eigenvalue weighted by molar-refractivity contribution is 5.66. The number of methoxy groups -OCH3 is 1. The quantitative estimate of drug-likeness (QED) is 0.877. The van der Waals surface area contributed by atoms with Gasteiger partial charge in [-0.05, 0) is 6.42 Å². The monoisotopic (exact) mass is 229 g/mol. The Hall–Kier alpha value is -2.10. The molecular formula is C13H15N3O. The molecule has 0 saturated heterocycles. The number of benzene rings is 1. The zero-order valence-corrected chi connectivity index (χ0v) is 9.97. The Kier molecular flexibility index (Phi) is 3.23. The molecule has 0 atom stereocenters. The van der Waals surface area contributed by atoms with Crippen molar-refractivity contribution >= 4 is 5.95 Å². The van der Waals surface area contributed by atoms with Crippen molar-refractivity contribution in [2.75, 3.05) is 12.8 Å². The molecule has 0 spiro atoms. The van der Waals surface area contributed by atoms with E-state index in [1.807, 2.05) is 37.3 Å². The number of hydrogen-bond donors (Lipinski definition) is 1. The minimum Gasteiger partial charge on any atom is -0.481 e. The second kappa shape index (κ2) is 4.82. The zero-order valence-electron chi connectivity index (χ0n) is 9.97. The minimum absolute atomic E-state index is 0.234. The van der Waals surface area contributed by atoms with Crippen molar-refractivity contribution in [3.05, 3.63) is 35.9 Å². The summed E-state index contributed by atoms with van der Waals surface area (Å²) in [7, 11) is 1.59. The molecule has 1 aromatic carbocycles. The van der Waals surface area contributed by atoms with Crippen molar-refractivity contribution in [1.82, 2.24) is 9.97 Å². The Morgan fingerprint density at radius 3 is 2.47 bits per heavy atom. The van der Waals surface area contributed by atoms with Gasteiger partial charge in [-0.1, -0.05) is 37.3 Å². The summed E-state index contributed by atoms with van der Waals surface area (Å²) in [6, 6.07) is 9.91. The molecule has 0 saturated carbocycles. The number of aromatic nitrogens is 2. The molecule has 0 amide bonds. The molecular weight excluding hydrogens is 214 g/mol. The van der Waals surface area contributed by atoms with Crippen molar-refractivity contribution in [2.24, 2.45) is 0 Å². The van der Waals surface area contributed by atoms with Crippen LogP contribution >= 0.6 is 0 Å². The largest absolute Gasteiger partial charge is 0.481 e. The fourth-order valence-corrected chi connectivity index (χ4v) is 1.80. The van der Waals surface area contributed by atoms with Crippen LogP contribution in [-0.4, -0.2) is 17.1 Å². The Morgan fingerprint density at radius 1 is 1.18 bits per heavy atom. The van der Waals surface area contributed by atoms with E-state index in [1.54, 1.807) is 7.11 Å². The van der Waals surface area contributed by atoms with E-state index < -0.39 is 0 Å². The van der Waals surface area contributed by atoms with E-state index in [0.717, 1.165) is 23.2 Å². The summed E-state index contributed by atoms with van der Waals surface area (Å²) >= 11 is 0. The molecule has 4 heteroatoms. The molecule has 17 heavy (non-hydrogen) atoms. The van der Waals surface area contributed by atoms with Crippen molar-refractivity contribution < 1.29 is 4.74 Å². The van der Waals surface area contributed by atoms with Crippen LogP contribution in [0.25, 0.3) is 11.3 Å². The van der Waals surface area contributed by atoms with E-state index in [4.69, 9.17) is 10.5 Å². The first kappa shape index (κ1) is 11.4. The van der Waals surface area contributed by atoms with E-state index in [2.05, 4.69) is 9.97 Å². The smallest absolute Gasteiger partial charge is 0.223 e. The first-order chi connectivity index (χ1) is 8.26. The maximum atomic E-state index is 5.69. The lowest BCUT2D eigenvalue weighted by molar-refractivity contribution is 0.393. The molecule has 0 fully saturated rings. The van der Waals surface area contributed by atoms with Gasteiger partial charge >= 0.3 is 0 Å². The van der Waals surface area contributed by atoms with Crippen LogP contribution in [0.5, 0.6) is 5.88 Å². The van der Waals surface area contributed by atoms with Gasteiger partial charge in [0, 0.05) is 11.1 Å². The van der Waals surface area contributed by atoms with Crippen molar-refractivity contribution in [3.63, 3.8) is 0 Å². The molecule has 2 rings (SSSR count). The third-order valence-electron chi connectivity index (χ3n) is 2.58. The van der Waals surface area contributed by atoms with Gasteiger partial charge in [0.2, 0.25) is 11.8 Å². The normalized spacial score (nSPS) is 10.2. The van der Waals surface area contributed by atoms with Gasteiger partial charge in [0.1, 0.15) is 0 Å². The van der Waals surface area contributed by atoms with Crippen LogP contribution in [0.1, 0.15) is 12.5 Å². The molecule has 1 aromatic heterocycles. The number of nitrogens with two attached hydrogens (primary N) is 1. The molecule has 0 unspecified atom stereocenters. The van der Waals surface area contributed by atoms with E-state index in [-0.39, 0.29) is 5.95 Å². The maximum absolute atomic E-state index is 5.69. The van der Waals surface area contributed by atoms with Crippen LogP contribution in [0.2, 0.25) is 0 Å². The highest BCUT2D eigenvalue weighted by Gasteiger charge is 2.13. The second-order valence-corrected chi connectivity index (χ2v) is 3.64. The summed E-state index contributed by atoms with van der Waals surface area (Å²) in [4.78, 5) is 8.40. The van der Waals surface area contributed by atoms with Crippen LogP contribution < -0.4 is 10.5 Å². The lowest BCUT2D eigenvalue weighted by Crippen LogP contribution is -2.04. The first-order valence-electron chi connectivity index (χ1n) is 5.52. The number of anilines is 1. The number of nitrogen functional groups attached to an aromatic ring is 1. The van der Waals surface area contributed by atoms with Gasteiger partial charge in [0.05, 0.1) is 12.8 Å². The first-order valence-corrected chi connectivity index (χ1v) is 5.52. The van der Waals surface area contributed by atoms with Crippen LogP contribution in [0.15, 0.2) is 30.3 Å². The minimum atomic E-state index is 0.234. The third-order valence-corrected chi connectivity index (χ3v) is 2.58. The fraction of sp³-hybridized carbons (Fsp3) is 0.231. The molecule has 2 N–H and O–H groups in total. The summed E-state index contributed by atoms with van der Waals surface area (Å²) in [6.07, 6.45) is 0.799. The summed E-state index contributed by atoms with van der Waals surface area (Å²) in [5.41, 5.74) is 8.54. The number of hydrogen-bond acceptors (Lipinski definition) is 4. The predicted octanol–water partition coefficient (Wildman–Crippen LogP) is 2.30. The maximum Gasteiger partial charge on any atom is 0.223 e. The average Bonchev–Trinajstić information content (AvgIpc) is 2.38. The lowest BCUT2D eigenvalue weighted by Gasteiger charge is -2.11. The molecule has 0 aliphatic carbocycles. The van der Waals surface area contributed by atoms with Gasteiger partial charge in [-0.25, -0.2) is 4.98 Å². The highest BCUT2D eigenvalue weighted by Crippen LogP contribution is 2.28. The Balaban J connectivity index is 2.64. The Labute approximate surface area is 100 Å². The van der Waals surface area contributed by atoms with Gasteiger partial charge in [0.15, 0.2) is 0 Å². The summed E-state index contributed by atoms with van der Waals surface area (Å²) in [6.45, 7) is 2.05. The molecule has 0 aliphatic heterocycles. The lowest BCUT2D eigenvalue weighted by atomic mass is 10.1. The fourth-order valence-electron chi connectivity index (χ4n) is 1.80. The standard InChI is InChI=1S/C13H15N3O/c1-3-10-11(9-7-5-4-6-8-9)15-13(14)16-12(10)17-2/h4-8H,3H2,1-2H3,(H2,14,15,16). The van der Waals surface area contributed by atoms with Gasteiger partial charge < -0.3 is 10.5 Å². The summed E-state index contributed by atoms with van der Waals surface area (Å²) in [5, 5.41) is 0. The van der Waals surface area contributed by atoms with E-state index >= 15 is 0 Å². The predicted molar refractivity (Wildman–Crippen MR) is 67.8 cm³/mol. The summed E-state index contributed by atoms with van der Waals surface area (Å²) in [5.74, 6) is 0.789. The zero-order chi connectivity index (χ0) is 12.3. The molecule has 2 aromatic rings. The van der Waals surface area contributed by atoms with Crippen molar-refractivity contribution in [2.45, 2.75) is 13.3 Å². The second-order valence-electron chi connectivity index (χ2n) is 3.64. The number of nitrogens with zero attached hydrogens (tertiary/aromatic N) is 2. The SMILES string of the molecule is CCc1c(OC)nc(N)nc1-c1ccccc1. The molecule has 0 radical (unpaired) electrons. The van der Waals surface area contributed by atoms with Crippen molar-refractivity contribution in [1.29, 1.82) is 0 Å². The third kappa shape index (κ3) is 2.20. The van der Waals surface area contributed by atoms with Gasteiger partial charge in [-0.15, -0.1) is 0 Å². The molecule has 4 nitrogen and oxygen atoms in total. The van der Waals surface area contributed by atoms with E-state index in [1.165, 1.54) is 0 Å². The van der Waals surface area contributed by atoms with Crippen LogP contribution in [0.3, 0.4) is 0 Å². The van der Waals surface area contributed by atoms with Crippen molar-refractivity contribution in [3.8, 4) is 17.1 Å². The average molecular weight is 229 g/mol. The highest BCUT2D eigenvalue weighted by atomic mass is 16.5. The van der Waals surface area contributed by atoms with Crippen LogP contribution in [0, 0.1) is 0 Å². The molecule has 1 heterocycles. The molecule has 0 bridgehead atoms. The number of rotatable bonds is 3. The van der Waals surface area contributed by atoms with Gasteiger partial charge in [0.25, 0.3) is 0 Å². The molecule has 0 aliphatic rings. The molecule has 88 valence electrons. The van der Waals surface area contributed by atoms with Gasteiger partial charge in [-0.3, -0.25) is 0 Å². The van der Waals surface area contributed by atoms with E-state index in [9.17, 15) is 0 Å². The Bertz CT molecular complexity index is 512. The van der Waals surface area contributed by atoms with Gasteiger partial charge in [-0.2, -0.15) is 4.98 Å². The number of ether oxygens (including phenoxy) is 1.